The standard InChI is InChI=1S/C17H22N2O2Si/c1-17(2,3)16(20)21-19-15-10-8-7-9-13(15)14(18-19)11-12-22(4,5)6/h7-10H,1-6H3. The minimum absolute atomic E-state index is 0.328. The second-order valence-electron chi connectivity index (χ2n) is 7.37. The summed E-state index contributed by atoms with van der Waals surface area (Å²) in [6.07, 6.45) is 0. The number of rotatable bonds is 1. The van der Waals surface area contributed by atoms with E-state index >= 15 is 0 Å². The summed E-state index contributed by atoms with van der Waals surface area (Å²) in [7, 11) is -1.50. The van der Waals surface area contributed by atoms with E-state index in [2.05, 4.69) is 36.2 Å². The van der Waals surface area contributed by atoms with Gasteiger partial charge in [0.15, 0.2) is 0 Å². The van der Waals surface area contributed by atoms with E-state index in [9.17, 15) is 4.79 Å². The molecule has 0 spiro atoms. The van der Waals surface area contributed by atoms with Gasteiger partial charge in [0, 0.05) is 5.39 Å². The molecule has 0 amide bonds. The summed E-state index contributed by atoms with van der Waals surface area (Å²) in [5.74, 6) is 2.82. The van der Waals surface area contributed by atoms with Crippen molar-refractivity contribution in [2.24, 2.45) is 5.41 Å². The highest BCUT2D eigenvalue weighted by molar-refractivity contribution is 6.83. The summed E-state index contributed by atoms with van der Waals surface area (Å²) in [6, 6.07) is 7.64. The van der Waals surface area contributed by atoms with Gasteiger partial charge in [-0.1, -0.05) is 42.5 Å². The van der Waals surface area contributed by atoms with Crippen molar-refractivity contribution in [3.63, 3.8) is 0 Å². The fourth-order valence-corrected chi connectivity index (χ4v) is 2.16. The number of nitrogens with zero attached hydrogens (tertiary/aromatic N) is 2. The molecule has 22 heavy (non-hydrogen) atoms. The van der Waals surface area contributed by atoms with Gasteiger partial charge >= 0.3 is 5.97 Å². The molecular formula is C17H22N2O2Si. The molecular weight excluding hydrogens is 292 g/mol. The van der Waals surface area contributed by atoms with E-state index in [0.29, 0.717) is 5.69 Å². The fraction of sp³-hybridized carbons (Fsp3) is 0.412. The van der Waals surface area contributed by atoms with Gasteiger partial charge in [-0.25, -0.2) is 4.79 Å². The van der Waals surface area contributed by atoms with Gasteiger partial charge in [0.1, 0.15) is 19.3 Å². The Bertz CT molecular complexity index is 768. The van der Waals surface area contributed by atoms with Crippen LogP contribution in [0.25, 0.3) is 10.9 Å². The van der Waals surface area contributed by atoms with E-state index in [-0.39, 0.29) is 5.97 Å². The summed E-state index contributed by atoms with van der Waals surface area (Å²) >= 11 is 0. The predicted molar refractivity (Wildman–Crippen MR) is 91.0 cm³/mol. The molecule has 0 saturated carbocycles. The van der Waals surface area contributed by atoms with Gasteiger partial charge in [-0.2, -0.15) is 0 Å². The lowest BCUT2D eigenvalue weighted by Gasteiger charge is -2.15. The molecule has 0 unspecified atom stereocenters. The average molecular weight is 314 g/mol. The maximum absolute atomic E-state index is 12.1. The smallest absolute Gasteiger partial charge is 0.318 e. The lowest BCUT2D eigenvalue weighted by atomic mass is 9.98. The van der Waals surface area contributed by atoms with Crippen molar-refractivity contribution in [1.82, 2.24) is 9.94 Å². The van der Waals surface area contributed by atoms with E-state index in [1.807, 2.05) is 45.0 Å². The molecule has 0 radical (unpaired) electrons. The highest BCUT2D eigenvalue weighted by atomic mass is 28.3. The molecule has 116 valence electrons. The summed E-state index contributed by atoms with van der Waals surface area (Å²) in [4.78, 5) is 18.8. The van der Waals surface area contributed by atoms with Gasteiger partial charge in [-0.15, -0.1) is 10.6 Å². The number of carbonyl (C=O) groups excluding carboxylic acids is 1. The zero-order valence-electron chi connectivity index (χ0n) is 14.0. The van der Waals surface area contributed by atoms with Crippen molar-refractivity contribution in [3.8, 4) is 11.5 Å². The largest absolute Gasteiger partial charge is 0.340 e. The van der Waals surface area contributed by atoms with E-state index in [1.54, 1.807) is 0 Å². The minimum Gasteiger partial charge on any atom is -0.318 e. The van der Waals surface area contributed by atoms with Crippen LogP contribution in [0.2, 0.25) is 19.6 Å². The summed E-state index contributed by atoms with van der Waals surface area (Å²) < 4.78 is 0. The topological polar surface area (TPSA) is 44.1 Å². The van der Waals surface area contributed by atoms with Gasteiger partial charge < -0.3 is 4.84 Å². The first kappa shape index (κ1) is 16.3. The molecule has 0 N–H and O–H groups in total. The number of carbonyl (C=O) groups is 1. The average Bonchev–Trinajstić information content (AvgIpc) is 2.73. The van der Waals surface area contributed by atoms with Crippen LogP contribution in [0.4, 0.5) is 0 Å². The number of benzene rings is 1. The van der Waals surface area contributed by atoms with E-state index < -0.39 is 13.5 Å². The monoisotopic (exact) mass is 314 g/mol. The molecule has 0 aliphatic rings. The third-order valence-corrected chi connectivity index (χ3v) is 3.77. The molecule has 1 heterocycles. The Labute approximate surface area is 132 Å². The van der Waals surface area contributed by atoms with Gasteiger partial charge in [0.25, 0.3) is 0 Å². The molecule has 2 rings (SSSR count). The maximum atomic E-state index is 12.1. The lowest BCUT2D eigenvalue weighted by molar-refractivity contribution is -0.154. The molecule has 0 aliphatic carbocycles. The second-order valence-corrected chi connectivity index (χ2v) is 12.1. The first-order chi connectivity index (χ1) is 10.1. The highest BCUT2D eigenvalue weighted by Gasteiger charge is 2.25. The van der Waals surface area contributed by atoms with Crippen molar-refractivity contribution < 1.29 is 9.63 Å². The van der Waals surface area contributed by atoms with Crippen LogP contribution in [-0.2, 0) is 4.79 Å². The predicted octanol–water partition coefficient (Wildman–Crippen LogP) is 3.27. The van der Waals surface area contributed by atoms with Crippen molar-refractivity contribution in [1.29, 1.82) is 0 Å². The molecule has 0 aliphatic heterocycles. The van der Waals surface area contributed by atoms with Gasteiger partial charge in [0.2, 0.25) is 0 Å². The second kappa shape index (κ2) is 5.62. The Hall–Kier alpha value is -2.06. The van der Waals surface area contributed by atoms with E-state index in [4.69, 9.17) is 4.84 Å². The van der Waals surface area contributed by atoms with Crippen molar-refractivity contribution in [3.05, 3.63) is 30.0 Å². The molecule has 1 aromatic carbocycles. The number of fused-ring (bicyclic) bond motifs is 1. The molecule has 1 aromatic heterocycles. The van der Waals surface area contributed by atoms with Crippen LogP contribution < -0.4 is 4.84 Å². The minimum atomic E-state index is -1.50. The Kier molecular flexibility index (Phi) is 4.16. The van der Waals surface area contributed by atoms with Gasteiger partial charge in [-0.3, -0.25) is 0 Å². The molecule has 0 fully saturated rings. The third kappa shape index (κ3) is 3.77. The summed E-state index contributed by atoms with van der Waals surface area (Å²) in [6.45, 7) is 12.0. The summed E-state index contributed by atoms with van der Waals surface area (Å²) in [5.41, 5.74) is 4.12. The van der Waals surface area contributed by atoms with Crippen molar-refractivity contribution in [2.45, 2.75) is 40.4 Å². The zero-order chi connectivity index (χ0) is 16.5. The molecule has 0 bridgehead atoms. The van der Waals surface area contributed by atoms with Crippen LogP contribution >= 0.6 is 0 Å². The van der Waals surface area contributed by atoms with Crippen molar-refractivity contribution >= 4 is 24.9 Å². The van der Waals surface area contributed by atoms with Crippen LogP contribution in [0.15, 0.2) is 24.3 Å². The number of aromatic nitrogens is 2. The highest BCUT2D eigenvalue weighted by Crippen LogP contribution is 2.19. The third-order valence-electron chi connectivity index (χ3n) is 2.89. The zero-order valence-corrected chi connectivity index (χ0v) is 15.0. The van der Waals surface area contributed by atoms with E-state index in [1.165, 1.54) is 4.85 Å². The number of para-hydroxylation sites is 1. The summed E-state index contributed by atoms with van der Waals surface area (Å²) in [5, 5.41) is 5.27. The maximum Gasteiger partial charge on any atom is 0.340 e. The fourth-order valence-electron chi connectivity index (χ4n) is 1.66. The molecule has 4 nitrogen and oxygen atoms in total. The Morgan fingerprint density at radius 3 is 2.45 bits per heavy atom. The Balaban J connectivity index is 2.48. The Morgan fingerprint density at radius 1 is 1.23 bits per heavy atom. The number of hydrogen-bond acceptors (Lipinski definition) is 3. The number of hydrogen-bond donors (Lipinski definition) is 0. The van der Waals surface area contributed by atoms with Crippen LogP contribution in [-0.4, -0.2) is 24.0 Å². The van der Waals surface area contributed by atoms with Gasteiger partial charge in [-0.05, 0) is 32.9 Å². The quantitative estimate of drug-likeness (QED) is 0.599. The SMILES string of the molecule is CC(C)(C)C(=O)On1nc(C#C[Si](C)(C)C)c2ccccc21. The molecule has 0 atom stereocenters. The molecule has 5 heteroatoms. The first-order valence-corrected chi connectivity index (χ1v) is 10.8. The van der Waals surface area contributed by atoms with Crippen molar-refractivity contribution in [2.75, 3.05) is 0 Å². The van der Waals surface area contributed by atoms with Gasteiger partial charge in [0.05, 0.1) is 5.41 Å². The van der Waals surface area contributed by atoms with Crippen LogP contribution in [0.3, 0.4) is 0 Å². The van der Waals surface area contributed by atoms with E-state index in [0.717, 1.165) is 10.9 Å². The molecule has 2 aromatic rings. The lowest BCUT2D eigenvalue weighted by Crippen LogP contribution is -2.31. The molecule has 0 saturated heterocycles. The van der Waals surface area contributed by atoms with Crippen LogP contribution in [0.1, 0.15) is 26.5 Å². The Morgan fingerprint density at radius 2 is 1.86 bits per heavy atom. The van der Waals surface area contributed by atoms with Crippen LogP contribution in [0.5, 0.6) is 0 Å². The first-order valence-electron chi connectivity index (χ1n) is 7.32. The van der Waals surface area contributed by atoms with Crippen LogP contribution in [0, 0.1) is 16.9 Å². The normalized spacial score (nSPS) is 11.9.